The van der Waals surface area contributed by atoms with Gasteiger partial charge in [0, 0.05) is 57.0 Å². The van der Waals surface area contributed by atoms with E-state index in [1.807, 2.05) is 0 Å². The van der Waals surface area contributed by atoms with Gasteiger partial charge < -0.3 is 20.4 Å². The number of alkyl halides is 2. The van der Waals surface area contributed by atoms with Crippen LogP contribution in [-0.4, -0.2) is 55.5 Å². The minimum absolute atomic E-state index is 0.194. The molecule has 2 heterocycles. The van der Waals surface area contributed by atoms with Crippen molar-refractivity contribution in [3.05, 3.63) is 65.5 Å². The lowest BCUT2D eigenvalue weighted by molar-refractivity contribution is -0.107. The van der Waals surface area contributed by atoms with E-state index in [1.165, 1.54) is 54.5 Å². The summed E-state index contributed by atoms with van der Waals surface area (Å²) in [6, 6.07) is 10.1. The average Bonchev–Trinajstić information content (AvgIpc) is 2.97. The van der Waals surface area contributed by atoms with Crippen molar-refractivity contribution in [2.45, 2.75) is 39.0 Å². The molecule has 4 rings (SSSR count). The summed E-state index contributed by atoms with van der Waals surface area (Å²) < 4.78 is 28.3. The summed E-state index contributed by atoms with van der Waals surface area (Å²) in [6.07, 6.45) is 4.90. The lowest BCUT2D eigenvalue weighted by Crippen LogP contribution is -2.32. The molecule has 216 valence electrons. The van der Waals surface area contributed by atoms with Crippen molar-refractivity contribution in [1.29, 1.82) is 0 Å². The second-order valence-electron chi connectivity index (χ2n) is 10.1. The van der Waals surface area contributed by atoms with Crippen LogP contribution in [0.4, 0.5) is 42.3 Å². The zero-order valence-electron chi connectivity index (χ0n) is 23.4. The van der Waals surface area contributed by atoms with Gasteiger partial charge in [-0.25, -0.2) is 23.5 Å². The van der Waals surface area contributed by atoms with Crippen molar-refractivity contribution in [3.63, 3.8) is 0 Å². The minimum atomic E-state index is -3.07. The predicted octanol–water partition coefficient (Wildman–Crippen LogP) is 5.40. The van der Waals surface area contributed by atoms with E-state index in [9.17, 15) is 23.2 Å². The molecule has 2 N–H and O–H groups in total. The number of hydrogen-bond acceptors (Lipinski definition) is 6. The molecule has 12 heteroatoms. The zero-order valence-corrected chi connectivity index (χ0v) is 23.4. The molecule has 1 aliphatic rings. The molecule has 1 fully saturated rings. The maximum absolute atomic E-state index is 14.2. The van der Waals surface area contributed by atoms with Gasteiger partial charge in [-0.05, 0) is 56.0 Å². The van der Waals surface area contributed by atoms with Gasteiger partial charge in [0.25, 0.3) is 11.8 Å². The van der Waals surface area contributed by atoms with Gasteiger partial charge in [-0.1, -0.05) is 12.1 Å². The predicted molar refractivity (Wildman–Crippen MR) is 155 cm³/mol. The molecule has 41 heavy (non-hydrogen) atoms. The van der Waals surface area contributed by atoms with Crippen LogP contribution in [0.2, 0.25) is 0 Å². The van der Waals surface area contributed by atoms with Crippen LogP contribution in [0.5, 0.6) is 0 Å². The highest BCUT2D eigenvalue weighted by atomic mass is 19.3. The van der Waals surface area contributed by atoms with Crippen molar-refractivity contribution < 1.29 is 23.2 Å². The van der Waals surface area contributed by atoms with Gasteiger partial charge in [-0.15, -0.1) is 0 Å². The first-order valence-electron chi connectivity index (χ1n) is 13.2. The fourth-order valence-corrected chi connectivity index (χ4v) is 4.48. The molecular weight excluding hydrogens is 532 g/mol. The Labute approximate surface area is 237 Å². The van der Waals surface area contributed by atoms with Crippen LogP contribution in [0.15, 0.2) is 48.8 Å². The van der Waals surface area contributed by atoms with Crippen LogP contribution in [0.1, 0.15) is 47.7 Å². The van der Waals surface area contributed by atoms with E-state index in [-0.39, 0.29) is 16.9 Å². The highest BCUT2D eigenvalue weighted by Crippen LogP contribution is 2.35. The van der Waals surface area contributed by atoms with Crippen LogP contribution in [-0.2, 0) is 10.7 Å². The molecule has 0 saturated carbocycles. The molecule has 1 aromatic heterocycles. The molecule has 0 spiro atoms. The number of piperidine rings is 1. The van der Waals surface area contributed by atoms with Crippen molar-refractivity contribution in [1.82, 2.24) is 9.97 Å². The number of nitrogens with zero attached hydrogens (tertiary/aromatic N) is 5. The second kappa shape index (κ2) is 12.3. The van der Waals surface area contributed by atoms with Gasteiger partial charge in [0.15, 0.2) is 0 Å². The van der Waals surface area contributed by atoms with Gasteiger partial charge in [-0.3, -0.25) is 14.5 Å². The molecule has 10 nitrogen and oxygen atoms in total. The first-order valence-corrected chi connectivity index (χ1v) is 13.2. The number of hydrogen-bond donors (Lipinski definition) is 2. The largest absolute Gasteiger partial charge is 0.370 e. The summed E-state index contributed by atoms with van der Waals surface area (Å²) >= 11 is 0. The number of aryl methyl sites for hydroxylation is 1. The zero-order chi connectivity index (χ0) is 29.7. The Hall–Kier alpha value is -4.61. The molecule has 2 aromatic carbocycles. The fourth-order valence-electron chi connectivity index (χ4n) is 4.48. The van der Waals surface area contributed by atoms with E-state index in [4.69, 9.17) is 0 Å². The Morgan fingerprint density at radius 1 is 0.951 bits per heavy atom. The lowest BCUT2D eigenvalue weighted by atomic mass is 10.0. The van der Waals surface area contributed by atoms with E-state index < -0.39 is 17.9 Å². The van der Waals surface area contributed by atoms with Gasteiger partial charge in [0.05, 0.1) is 11.4 Å². The number of carbonyl (C=O) groups excluding carboxylic acids is 3. The summed E-state index contributed by atoms with van der Waals surface area (Å²) in [5, 5.41) is 5.60. The third-order valence-corrected chi connectivity index (χ3v) is 7.00. The summed E-state index contributed by atoms with van der Waals surface area (Å²) in [4.78, 5) is 50.1. The number of rotatable bonds is 8. The number of anilines is 5. The molecule has 0 unspecified atom stereocenters. The Kier molecular flexibility index (Phi) is 8.80. The third kappa shape index (κ3) is 6.94. The number of aromatic nitrogens is 2. The number of urea groups is 1. The van der Waals surface area contributed by atoms with Crippen LogP contribution in [0.3, 0.4) is 0 Å². The van der Waals surface area contributed by atoms with Crippen LogP contribution in [0.25, 0.3) is 0 Å². The third-order valence-electron chi connectivity index (χ3n) is 7.00. The lowest BCUT2D eigenvalue weighted by Gasteiger charge is -2.31. The number of amides is 4. The summed E-state index contributed by atoms with van der Waals surface area (Å²) in [5.41, 5.74) is 2.14. The van der Waals surface area contributed by atoms with Gasteiger partial charge in [-0.2, -0.15) is 0 Å². The number of nitrogens with one attached hydrogen (secondary N) is 2. The normalized spacial score (nSPS) is 13.4. The van der Waals surface area contributed by atoms with Crippen LogP contribution in [0, 0.1) is 6.92 Å². The Morgan fingerprint density at radius 3 is 2.34 bits per heavy atom. The van der Waals surface area contributed by atoms with Gasteiger partial charge in [0.2, 0.25) is 6.41 Å². The second-order valence-corrected chi connectivity index (χ2v) is 10.1. The Bertz CT molecular complexity index is 1440. The fraction of sp³-hybridized carbons (Fsp3) is 0.345. The SMILES string of the molecule is Cc1ccc(C(=O)Nc2cc(C(C)(F)F)ccc2N2CCCCC2)cc1NC(=O)N(C)c1cc(N(C)C=O)ncn1. The molecule has 0 radical (unpaired) electrons. The van der Waals surface area contributed by atoms with Crippen molar-refractivity contribution in [2.24, 2.45) is 0 Å². The molecule has 3 aromatic rings. The van der Waals surface area contributed by atoms with E-state index in [1.54, 1.807) is 25.1 Å². The maximum Gasteiger partial charge on any atom is 0.327 e. The van der Waals surface area contributed by atoms with E-state index in [2.05, 4.69) is 25.5 Å². The molecule has 4 amide bonds. The average molecular weight is 566 g/mol. The van der Waals surface area contributed by atoms with E-state index >= 15 is 0 Å². The van der Waals surface area contributed by atoms with E-state index in [0.717, 1.165) is 39.3 Å². The van der Waals surface area contributed by atoms with Crippen molar-refractivity contribution >= 4 is 47.0 Å². The highest BCUT2D eigenvalue weighted by molar-refractivity contribution is 6.08. The molecule has 0 aliphatic carbocycles. The number of carbonyl (C=O) groups is 3. The topological polar surface area (TPSA) is 111 Å². The molecular formula is C29H33F2N7O3. The Morgan fingerprint density at radius 2 is 1.66 bits per heavy atom. The van der Waals surface area contributed by atoms with Crippen LogP contribution < -0.4 is 25.3 Å². The quantitative estimate of drug-likeness (QED) is 0.354. The summed E-state index contributed by atoms with van der Waals surface area (Å²) in [6.45, 7) is 4.15. The van der Waals surface area contributed by atoms with Crippen molar-refractivity contribution in [3.8, 4) is 0 Å². The standard InChI is InChI=1S/C29H33F2N7O3/c1-19-8-9-20(14-22(19)35-28(41)37(4)26-16-25(32-17-33-26)36(3)18-39)27(40)34-23-15-21(29(2,30)31)10-11-24(23)38-12-6-5-7-13-38/h8-11,14-18H,5-7,12-13H2,1-4H3,(H,34,40)(H,35,41). The van der Waals surface area contributed by atoms with Gasteiger partial charge in [0.1, 0.15) is 18.0 Å². The minimum Gasteiger partial charge on any atom is -0.370 e. The number of halogens is 2. The molecule has 1 saturated heterocycles. The first-order chi connectivity index (χ1) is 19.5. The smallest absolute Gasteiger partial charge is 0.327 e. The van der Waals surface area contributed by atoms with Crippen LogP contribution >= 0.6 is 0 Å². The monoisotopic (exact) mass is 565 g/mol. The van der Waals surface area contributed by atoms with E-state index in [0.29, 0.717) is 34.9 Å². The highest BCUT2D eigenvalue weighted by Gasteiger charge is 2.27. The molecule has 0 atom stereocenters. The number of benzene rings is 2. The Balaban J connectivity index is 1.56. The maximum atomic E-state index is 14.2. The summed E-state index contributed by atoms with van der Waals surface area (Å²) in [5.74, 6) is -3.00. The first kappa shape index (κ1) is 29.4. The molecule has 1 aliphatic heterocycles. The van der Waals surface area contributed by atoms with Gasteiger partial charge >= 0.3 is 6.03 Å². The van der Waals surface area contributed by atoms with Crippen molar-refractivity contribution in [2.75, 3.05) is 52.5 Å². The summed E-state index contributed by atoms with van der Waals surface area (Å²) in [7, 11) is 3.03. The molecule has 0 bridgehead atoms.